The number of nitrogens with zero attached hydrogens (tertiary/aromatic N) is 6. The van der Waals surface area contributed by atoms with Crippen LogP contribution in [-0.4, -0.2) is 42.8 Å². The molecule has 7 heteroatoms. The Bertz CT molecular complexity index is 1010. The van der Waals surface area contributed by atoms with Gasteiger partial charge in [0.15, 0.2) is 5.65 Å². The molecule has 25 heavy (non-hydrogen) atoms. The van der Waals surface area contributed by atoms with Gasteiger partial charge in [-0.3, -0.25) is 4.68 Å². The minimum absolute atomic E-state index is 0.378. The Morgan fingerprint density at radius 2 is 2.12 bits per heavy atom. The van der Waals surface area contributed by atoms with Crippen molar-refractivity contribution in [3.8, 4) is 0 Å². The van der Waals surface area contributed by atoms with Crippen LogP contribution in [0, 0.1) is 0 Å². The van der Waals surface area contributed by atoms with Crippen LogP contribution in [0.3, 0.4) is 0 Å². The zero-order valence-corrected chi connectivity index (χ0v) is 14.1. The normalized spacial score (nSPS) is 18.3. The lowest BCUT2D eigenvalue weighted by Gasteiger charge is -2.32. The third-order valence-electron chi connectivity index (χ3n) is 5.02. The smallest absolute Gasteiger partial charge is 0.163 e. The zero-order chi connectivity index (χ0) is 16.8. The zero-order valence-electron chi connectivity index (χ0n) is 14.1. The highest BCUT2D eigenvalue weighted by Gasteiger charge is 2.26. The first kappa shape index (κ1) is 14.4. The second-order valence-corrected chi connectivity index (χ2v) is 6.63. The van der Waals surface area contributed by atoms with Gasteiger partial charge in [-0.25, -0.2) is 15.0 Å². The first-order valence-corrected chi connectivity index (χ1v) is 8.62. The number of aromatic amines is 1. The summed E-state index contributed by atoms with van der Waals surface area (Å²) < 4.78 is 1.79. The van der Waals surface area contributed by atoms with Crippen LogP contribution in [0.4, 0.5) is 5.82 Å². The number of anilines is 1. The Balaban J connectivity index is 1.49. The number of imidazole rings is 1. The Labute approximate surface area is 144 Å². The van der Waals surface area contributed by atoms with Crippen molar-refractivity contribution in [1.29, 1.82) is 0 Å². The molecule has 1 aliphatic heterocycles. The fourth-order valence-corrected chi connectivity index (χ4v) is 3.76. The second kappa shape index (κ2) is 5.54. The van der Waals surface area contributed by atoms with Gasteiger partial charge in [-0.2, -0.15) is 5.10 Å². The third kappa shape index (κ3) is 2.34. The Kier molecular flexibility index (Phi) is 3.19. The molecule has 1 aromatic carbocycles. The van der Waals surface area contributed by atoms with E-state index in [9.17, 15) is 0 Å². The summed E-state index contributed by atoms with van der Waals surface area (Å²) in [6.45, 7) is 1.90. The fourth-order valence-electron chi connectivity index (χ4n) is 3.76. The summed E-state index contributed by atoms with van der Waals surface area (Å²) in [4.78, 5) is 19.5. The molecule has 1 fully saturated rings. The molecule has 0 radical (unpaired) electrons. The summed E-state index contributed by atoms with van der Waals surface area (Å²) in [5.41, 5.74) is 3.01. The first-order chi connectivity index (χ1) is 12.3. The van der Waals surface area contributed by atoms with Gasteiger partial charge in [0.1, 0.15) is 18.0 Å². The molecule has 0 amide bonds. The van der Waals surface area contributed by atoms with E-state index in [1.807, 2.05) is 25.4 Å². The van der Waals surface area contributed by atoms with Crippen molar-refractivity contribution >= 4 is 27.9 Å². The average molecular weight is 333 g/mol. The number of H-pyrrole nitrogens is 1. The molecule has 0 spiro atoms. The number of aromatic nitrogens is 6. The maximum Gasteiger partial charge on any atom is 0.163 e. The number of aryl methyl sites for hydroxylation is 1. The number of fused-ring (bicyclic) bond motifs is 2. The van der Waals surface area contributed by atoms with Crippen LogP contribution in [0.25, 0.3) is 22.1 Å². The summed E-state index contributed by atoms with van der Waals surface area (Å²) in [6, 6.07) is 8.20. The van der Waals surface area contributed by atoms with E-state index in [4.69, 9.17) is 4.98 Å². The van der Waals surface area contributed by atoms with E-state index >= 15 is 0 Å². The summed E-state index contributed by atoms with van der Waals surface area (Å²) in [6.07, 6.45) is 5.74. The predicted octanol–water partition coefficient (Wildman–Crippen LogP) is 2.62. The highest BCUT2D eigenvalue weighted by molar-refractivity contribution is 5.86. The summed E-state index contributed by atoms with van der Waals surface area (Å²) in [5, 5.41) is 5.34. The molecule has 0 unspecified atom stereocenters. The van der Waals surface area contributed by atoms with Crippen molar-refractivity contribution < 1.29 is 0 Å². The molecule has 4 heterocycles. The molecule has 0 saturated carbocycles. The van der Waals surface area contributed by atoms with Crippen molar-refractivity contribution in [2.75, 3.05) is 18.0 Å². The van der Waals surface area contributed by atoms with E-state index in [1.165, 1.54) is 0 Å². The van der Waals surface area contributed by atoms with E-state index in [0.717, 1.165) is 59.6 Å². The predicted molar refractivity (Wildman–Crippen MR) is 96.6 cm³/mol. The SMILES string of the molecule is Cn1ncc2c(N3CCC[C@@H](c4nc5ccccc5[nH]4)C3)ncnc21. The fraction of sp³-hybridized carbons (Fsp3) is 0.333. The number of hydrogen-bond acceptors (Lipinski definition) is 5. The summed E-state index contributed by atoms with van der Waals surface area (Å²) in [5.74, 6) is 2.42. The van der Waals surface area contributed by atoms with Crippen molar-refractivity contribution in [2.45, 2.75) is 18.8 Å². The van der Waals surface area contributed by atoms with E-state index in [0.29, 0.717) is 5.92 Å². The first-order valence-electron chi connectivity index (χ1n) is 8.62. The van der Waals surface area contributed by atoms with Crippen molar-refractivity contribution in [3.05, 3.63) is 42.6 Å². The lowest BCUT2D eigenvalue weighted by atomic mass is 9.97. The molecule has 0 aliphatic carbocycles. The Morgan fingerprint density at radius 1 is 1.20 bits per heavy atom. The number of nitrogens with one attached hydrogen (secondary N) is 1. The number of piperidine rings is 1. The molecular formula is C18H19N7. The lowest BCUT2D eigenvalue weighted by molar-refractivity contribution is 0.493. The van der Waals surface area contributed by atoms with Gasteiger partial charge in [0.2, 0.25) is 0 Å². The summed E-state index contributed by atoms with van der Waals surface area (Å²) >= 11 is 0. The monoisotopic (exact) mass is 333 g/mol. The third-order valence-corrected chi connectivity index (χ3v) is 5.02. The van der Waals surface area contributed by atoms with E-state index < -0.39 is 0 Å². The van der Waals surface area contributed by atoms with Gasteiger partial charge in [-0.1, -0.05) is 12.1 Å². The highest BCUT2D eigenvalue weighted by atomic mass is 15.3. The van der Waals surface area contributed by atoms with Crippen LogP contribution in [0.2, 0.25) is 0 Å². The van der Waals surface area contributed by atoms with Gasteiger partial charge in [-0.05, 0) is 25.0 Å². The maximum atomic E-state index is 4.80. The quantitative estimate of drug-likeness (QED) is 0.610. The van der Waals surface area contributed by atoms with Crippen molar-refractivity contribution in [2.24, 2.45) is 7.05 Å². The lowest BCUT2D eigenvalue weighted by Crippen LogP contribution is -2.35. The summed E-state index contributed by atoms with van der Waals surface area (Å²) in [7, 11) is 1.91. The average Bonchev–Trinajstić information content (AvgIpc) is 3.26. The molecule has 1 aliphatic rings. The van der Waals surface area contributed by atoms with Gasteiger partial charge in [0, 0.05) is 26.1 Å². The second-order valence-electron chi connectivity index (χ2n) is 6.63. The minimum Gasteiger partial charge on any atom is -0.355 e. The van der Waals surface area contributed by atoms with E-state index in [1.54, 1.807) is 11.0 Å². The number of hydrogen-bond donors (Lipinski definition) is 1. The number of benzene rings is 1. The number of rotatable bonds is 2. The van der Waals surface area contributed by atoms with E-state index in [-0.39, 0.29) is 0 Å². The van der Waals surface area contributed by atoms with Crippen LogP contribution < -0.4 is 4.90 Å². The van der Waals surface area contributed by atoms with Crippen molar-refractivity contribution in [3.63, 3.8) is 0 Å². The molecular weight excluding hydrogens is 314 g/mol. The molecule has 1 N–H and O–H groups in total. The van der Waals surface area contributed by atoms with Crippen molar-refractivity contribution in [1.82, 2.24) is 29.7 Å². The maximum absolute atomic E-state index is 4.80. The van der Waals surface area contributed by atoms with Crippen LogP contribution in [0.5, 0.6) is 0 Å². The molecule has 1 saturated heterocycles. The molecule has 7 nitrogen and oxygen atoms in total. The molecule has 0 bridgehead atoms. The Morgan fingerprint density at radius 3 is 3.04 bits per heavy atom. The van der Waals surface area contributed by atoms with Gasteiger partial charge in [0.05, 0.1) is 22.6 Å². The molecule has 126 valence electrons. The van der Waals surface area contributed by atoms with Gasteiger partial charge >= 0.3 is 0 Å². The van der Waals surface area contributed by atoms with Crippen LogP contribution in [0.1, 0.15) is 24.6 Å². The molecule has 1 atom stereocenters. The minimum atomic E-state index is 0.378. The van der Waals surface area contributed by atoms with Crippen LogP contribution >= 0.6 is 0 Å². The van der Waals surface area contributed by atoms with Crippen LogP contribution in [0.15, 0.2) is 36.8 Å². The molecule has 4 aromatic rings. The highest BCUT2D eigenvalue weighted by Crippen LogP contribution is 2.31. The van der Waals surface area contributed by atoms with E-state index in [2.05, 4.69) is 37.1 Å². The van der Waals surface area contributed by atoms with Gasteiger partial charge < -0.3 is 9.88 Å². The topological polar surface area (TPSA) is 75.5 Å². The van der Waals surface area contributed by atoms with Gasteiger partial charge in [0.25, 0.3) is 0 Å². The van der Waals surface area contributed by atoms with Gasteiger partial charge in [-0.15, -0.1) is 0 Å². The van der Waals surface area contributed by atoms with Crippen LogP contribution in [-0.2, 0) is 7.05 Å². The Hall–Kier alpha value is -2.96. The molecule has 5 rings (SSSR count). The number of para-hydroxylation sites is 2. The molecule has 3 aromatic heterocycles. The standard InChI is InChI=1S/C18H19N7/c1-24-17-13(9-21-24)18(20-11-19-17)25-8-4-5-12(10-25)16-22-14-6-2-3-7-15(14)23-16/h2-3,6-7,9,11-12H,4-5,8,10H2,1H3,(H,22,23)/t12-/m1/s1. The largest absolute Gasteiger partial charge is 0.355 e.